The standard InChI is InChI=1S/C19H19N3O2/c1-24-18-6-4-5-15(13-18)14-20-19(23)21-16-7-9-17(10-8-16)22-11-2-3-12-22/h2-13H,14H2,1H3,(H2,20,21,23). The lowest BCUT2D eigenvalue weighted by molar-refractivity contribution is 0.251. The molecule has 0 atom stereocenters. The number of carbonyl (C=O) groups is 1. The minimum Gasteiger partial charge on any atom is -0.497 e. The minimum absolute atomic E-state index is 0.244. The lowest BCUT2D eigenvalue weighted by atomic mass is 10.2. The molecule has 24 heavy (non-hydrogen) atoms. The second kappa shape index (κ2) is 7.37. The van der Waals surface area contributed by atoms with E-state index in [2.05, 4.69) is 10.6 Å². The average molecular weight is 321 g/mol. The van der Waals surface area contributed by atoms with Gasteiger partial charge in [-0.1, -0.05) is 12.1 Å². The molecule has 0 saturated carbocycles. The third-order valence-electron chi connectivity index (χ3n) is 3.61. The van der Waals surface area contributed by atoms with Crippen LogP contribution in [0.3, 0.4) is 0 Å². The first-order valence-corrected chi connectivity index (χ1v) is 7.66. The monoisotopic (exact) mass is 321 g/mol. The maximum absolute atomic E-state index is 12.0. The van der Waals surface area contributed by atoms with E-state index in [1.807, 2.05) is 77.6 Å². The Kier molecular flexibility index (Phi) is 4.81. The quantitative estimate of drug-likeness (QED) is 0.751. The SMILES string of the molecule is COc1cccc(CNC(=O)Nc2ccc(-n3cccc3)cc2)c1. The van der Waals surface area contributed by atoms with Crippen LogP contribution in [-0.2, 0) is 6.54 Å². The fourth-order valence-corrected chi connectivity index (χ4v) is 2.36. The number of urea groups is 1. The van der Waals surface area contributed by atoms with E-state index in [4.69, 9.17) is 4.74 Å². The molecular weight excluding hydrogens is 302 g/mol. The summed E-state index contributed by atoms with van der Waals surface area (Å²) in [6, 6.07) is 19.0. The number of carbonyl (C=O) groups excluding carboxylic acids is 1. The van der Waals surface area contributed by atoms with E-state index in [1.54, 1.807) is 7.11 Å². The number of hydrogen-bond acceptors (Lipinski definition) is 2. The van der Waals surface area contributed by atoms with Crippen molar-refractivity contribution in [1.29, 1.82) is 0 Å². The predicted molar refractivity (Wildman–Crippen MR) is 94.6 cm³/mol. The van der Waals surface area contributed by atoms with Gasteiger partial charge >= 0.3 is 6.03 Å². The first kappa shape index (κ1) is 15.7. The van der Waals surface area contributed by atoms with E-state index in [0.717, 1.165) is 22.7 Å². The molecule has 0 bridgehead atoms. The predicted octanol–water partition coefficient (Wildman–Crippen LogP) is 3.81. The molecule has 5 heteroatoms. The van der Waals surface area contributed by atoms with E-state index in [0.29, 0.717) is 6.54 Å². The molecule has 0 aliphatic rings. The molecule has 3 rings (SSSR count). The number of methoxy groups -OCH3 is 1. The average Bonchev–Trinajstić information content (AvgIpc) is 3.15. The van der Waals surface area contributed by atoms with Gasteiger partial charge in [-0.2, -0.15) is 0 Å². The summed E-state index contributed by atoms with van der Waals surface area (Å²) in [6.45, 7) is 0.435. The summed E-state index contributed by atoms with van der Waals surface area (Å²) in [5.74, 6) is 0.773. The topological polar surface area (TPSA) is 55.3 Å². The summed E-state index contributed by atoms with van der Waals surface area (Å²) < 4.78 is 7.18. The molecule has 2 aromatic carbocycles. The Morgan fingerprint density at radius 1 is 1.04 bits per heavy atom. The van der Waals surface area contributed by atoms with Crippen molar-refractivity contribution in [2.75, 3.05) is 12.4 Å². The molecule has 3 aromatic rings. The number of anilines is 1. The van der Waals surface area contributed by atoms with Gasteiger partial charge in [-0.15, -0.1) is 0 Å². The van der Waals surface area contributed by atoms with E-state index >= 15 is 0 Å². The zero-order chi connectivity index (χ0) is 16.8. The van der Waals surface area contributed by atoms with E-state index < -0.39 is 0 Å². The molecule has 0 aliphatic heterocycles. The van der Waals surface area contributed by atoms with E-state index in [-0.39, 0.29) is 6.03 Å². The molecule has 122 valence electrons. The molecule has 0 saturated heterocycles. The third kappa shape index (κ3) is 3.95. The van der Waals surface area contributed by atoms with Crippen LogP contribution in [0.2, 0.25) is 0 Å². The van der Waals surface area contributed by atoms with Crippen LogP contribution < -0.4 is 15.4 Å². The summed E-state index contributed by atoms with van der Waals surface area (Å²) in [6.07, 6.45) is 3.95. The van der Waals surface area contributed by atoms with Gasteiger partial charge in [0.2, 0.25) is 0 Å². The van der Waals surface area contributed by atoms with Crippen molar-refractivity contribution >= 4 is 11.7 Å². The van der Waals surface area contributed by atoms with Gasteiger partial charge in [-0.25, -0.2) is 4.79 Å². The van der Waals surface area contributed by atoms with Gasteiger partial charge in [0.05, 0.1) is 7.11 Å². The number of hydrogen-bond donors (Lipinski definition) is 2. The van der Waals surface area contributed by atoms with Crippen molar-refractivity contribution in [1.82, 2.24) is 9.88 Å². The van der Waals surface area contributed by atoms with Crippen LogP contribution in [0.4, 0.5) is 10.5 Å². The number of ether oxygens (including phenoxy) is 1. The first-order valence-electron chi connectivity index (χ1n) is 7.66. The van der Waals surface area contributed by atoms with Crippen molar-refractivity contribution in [2.24, 2.45) is 0 Å². The number of amides is 2. The Morgan fingerprint density at radius 3 is 2.50 bits per heavy atom. The van der Waals surface area contributed by atoms with Gasteiger partial charge in [0.25, 0.3) is 0 Å². The Labute approximate surface area is 140 Å². The fraction of sp³-hybridized carbons (Fsp3) is 0.105. The number of nitrogens with zero attached hydrogens (tertiary/aromatic N) is 1. The zero-order valence-electron chi connectivity index (χ0n) is 13.4. The van der Waals surface area contributed by atoms with Gasteiger partial charge in [0, 0.05) is 30.3 Å². The number of aromatic nitrogens is 1. The van der Waals surface area contributed by atoms with Crippen molar-refractivity contribution in [3.8, 4) is 11.4 Å². The van der Waals surface area contributed by atoms with Crippen LogP contribution >= 0.6 is 0 Å². The van der Waals surface area contributed by atoms with Crippen LogP contribution in [0, 0.1) is 0 Å². The molecule has 5 nitrogen and oxygen atoms in total. The lowest BCUT2D eigenvalue weighted by Crippen LogP contribution is -2.28. The summed E-state index contributed by atoms with van der Waals surface area (Å²) in [5, 5.41) is 5.65. The van der Waals surface area contributed by atoms with Crippen molar-refractivity contribution in [3.05, 3.63) is 78.6 Å². The summed E-state index contributed by atoms with van der Waals surface area (Å²) >= 11 is 0. The van der Waals surface area contributed by atoms with Crippen LogP contribution in [0.25, 0.3) is 5.69 Å². The van der Waals surface area contributed by atoms with Gasteiger partial charge in [-0.05, 0) is 54.1 Å². The summed E-state index contributed by atoms with van der Waals surface area (Å²) in [7, 11) is 1.62. The fourth-order valence-electron chi connectivity index (χ4n) is 2.36. The largest absolute Gasteiger partial charge is 0.497 e. The zero-order valence-corrected chi connectivity index (χ0v) is 13.4. The number of nitrogens with one attached hydrogen (secondary N) is 2. The lowest BCUT2D eigenvalue weighted by Gasteiger charge is -2.09. The Bertz CT molecular complexity index is 796. The van der Waals surface area contributed by atoms with Crippen LogP contribution in [0.5, 0.6) is 5.75 Å². The molecule has 1 aromatic heterocycles. The molecular formula is C19H19N3O2. The second-order valence-electron chi connectivity index (χ2n) is 5.30. The Hall–Kier alpha value is -3.21. The molecule has 0 radical (unpaired) electrons. The highest BCUT2D eigenvalue weighted by Gasteiger charge is 2.03. The van der Waals surface area contributed by atoms with Crippen molar-refractivity contribution in [2.45, 2.75) is 6.54 Å². The molecule has 0 aliphatic carbocycles. The molecule has 2 amide bonds. The summed E-state index contributed by atoms with van der Waals surface area (Å²) in [4.78, 5) is 12.0. The van der Waals surface area contributed by atoms with Gasteiger partial charge in [0.1, 0.15) is 5.75 Å². The first-order chi connectivity index (χ1) is 11.7. The van der Waals surface area contributed by atoms with Gasteiger partial charge < -0.3 is 19.9 Å². The molecule has 0 fully saturated rings. The minimum atomic E-state index is -0.244. The normalized spacial score (nSPS) is 10.2. The maximum atomic E-state index is 12.0. The van der Waals surface area contributed by atoms with Crippen LogP contribution in [0.1, 0.15) is 5.56 Å². The third-order valence-corrected chi connectivity index (χ3v) is 3.61. The Morgan fingerprint density at radius 2 is 1.79 bits per heavy atom. The smallest absolute Gasteiger partial charge is 0.319 e. The molecule has 0 unspecified atom stereocenters. The molecule has 1 heterocycles. The maximum Gasteiger partial charge on any atom is 0.319 e. The van der Waals surface area contributed by atoms with Crippen LogP contribution in [0.15, 0.2) is 73.1 Å². The Balaban J connectivity index is 1.54. The van der Waals surface area contributed by atoms with Crippen molar-refractivity contribution < 1.29 is 9.53 Å². The van der Waals surface area contributed by atoms with Crippen LogP contribution in [-0.4, -0.2) is 17.7 Å². The van der Waals surface area contributed by atoms with Gasteiger partial charge in [-0.3, -0.25) is 0 Å². The summed E-state index contributed by atoms with van der Waals surface area (Å²) in [5.41, 5.74) is 2.77. The van der Waals surface area contributed by atoms with Gasteiger partial charge in [0.15, 0.2) is 0 Å². The van der Waals surface area contributed by atoms with E-state index in [1.165, 1.54) is 0 Å². The number of benzene rings is 2. The van der Waals surface area contributed by atoms with E-state index in [9.17, 15) is 4.79 Å². The molecule has 2 N–H and O–H groups in total. The highest BCUT2D eigenvalue weighted by atomic mass is 16.5. The molecule has 0 spiro atoms. The highest BCUT2D eigenvalue weighted by Crippen LogP contribution is 2.14. The highest BCUT2D eigenvalue weighted by molar-refractivity contribution is 5.89. The second-order valence-corrected chi connectivity index (χ2v) is 5.30. The number of rotatable bonds is 5. The van der Waals surface area contributed by atoms with Crippen molar-refractivity contribution in [3.63, 3.8) is 0 Å².